The maximum absolute atomic E-state index is 11.5. The van der Waals surface area contributed by atoms with Crippen molar-refractivity contribution >= 4 is 28.2 Å². The number of nitrogens with two attached hydrogens (primary N) is 1. The van der Waals surface area contributed by atoms with E-state index in [2.05, 4.69) is 15.1 Å². The fraction of sp³-hybridized carbons (Fsp3) is 0.429. The molecule has 20 heavy (non-hydrogen) atoms. The number of carbonyl (C=O) groups is 1. The van der Waals surface area contributed by atoms with Gasteiger partial charge in [0.1, 0.15) is 0 Å². The van der Waals surface area contributed by atoms with Crippen molar-refractivity contribution in [1.29, 1.82) is 0 Å². The minimum atomic E-state index is 0.142. The topological polar surface area (TPSA) is 78.2 Å². The van der Waals surface area contributed by atoms with Crippen LogP contribution in [0.3, 0.4) is 0 Å². The molecule has 0 aliphatic carbocycles. The predicted octanol–water partition coefficient (Wildman–Crippen LogP) is 1.20. The normalized spacial score (nSPS) is 16.4. The molecule has 3 rings (SSSR count). The van der Waals surface area contributed by atoms with E-state index in [0.29, 0.717) is 0 Å². The zero-order valence-electron chi connectivity index (χ0n) is 11.6. The van der Waals surface area contributed by atoms with Gasteiger partial charge in [0.2, 0.25) is 5.91 Å². The van der Waals surface area contributed by atoms with Gasteiger partial charge in [-0.15, -0.1) is 0 Å². The summed E-state index contributed by atoms with van der Waals surface area (Å²) in [5, 5.41) is 8.02. The molecule has 1 aromatic heterocycles. The van der Waals surface area contributed by atoms with Crippen LogP contribution in [0.25, 0.3) is 10.9 Å². The number of H-pyrrole nitrogens is 1. The van der Waals surface area contributed by atoms with Gasteiger partial charge in [0.15, 0.2) is 0 Å². The van der Waals surface area contributed by atoms with Crippen LogP contribution in [-0.2, 0) is 4.79 Å². The first-order valence-electron chi connectivity index (χ1n) is 6.88. The summed E-state index contributed by atoms with van der Waals surface area (Å²) in [5.74, 6) is 0.142. The molecule has 2 aromatic rings. The molecular weight excluding hydrogens is 254 g/mol. The Hall–Kier alpha value is -2.24. The van der Waals surface area contributed by atoms with Crippen molar-refractivity contribution < 1.29 is 4.79 Å². The van der Waals surface area contributed by atoms with Gasteiger partial charge in [-0.2, -0.15) is 5.10 Å². The largest absolute Gasteiger partial charge is 0.397 e. The minimum absolute atomic E-state index is 0.142. The Kier molecular flexibility index (Phi) is 3.22. The lowest BCUT2D eigenvalue weighted by Gasteiger charge is -2.24. The summed E-state index contributed by atoms with van der Waals surface area (Å²) in [4.78, 5) is 15.6. The van der Waals surface area contributed by atoms with Crippen LogP contribution in [0.2, 0.25) is 0 Å². The van der Waals surface area contributed by atoms with Crippen molar-refractivity contribution in [3.05, 3.63) is 18.3 Å². The molecule has 1 fully saturated rings. The highest BCUT2D eigenvalue weighted by Gasteiger charge is 2.18. The maximum atomic E-state index is 11.5. The first-order chi connectivity index (χ1) is 9.65. The zero-order chi connectivity index (χ0) is 14.1. The van der Waals surface area contributed by atoms with E-state index in [9.17, 15) is 4.79 Å². The molecule has 2 heterocycles. The van der Waals surface area contributed by atoms with Crippen LogP contribution in [0.15, 0.2) is 18.3 Å². The number of aromatic nitrogens is 2. The van der Waals surface area contributed by atoms with E-state index >= 15 is 0 Å². The van der Waals surface area contributed by atoms with Gasteiger partial charge in [0.25, 0.3) is 0 Å². The smallest absolute Gasteiger partial charge is 0.219 e. The molecule has 0 atom stereocenters. The van der Waals surface area contributed by atoms with Crippen molar-refractivity contribution in [3.8, 4) is 0 Å². The van der Waals surface area contributed by atoms with Crippen molar-refractivity contribution in [3.63, 3.8) is 0 Å². The monoisotopic (exact) mass is 273 g/mol. The number of fused-ring (bicyclic) bond motifs is 1. The Labute approximate surface area is 117 Å². The Bertz CT molecular complexity index is 636. The Balaban J connectivity index is 1.86. The van der Waals surface area contributed by atoms with Gasteiger partial charge in [-0.25, -0.2) is 0 Å². The molecule has 1 saturated heterocycles. The first kappa shape index (κ1) is 12.8. The molecule has 1 amide bonds. The standard InChI is InChI=1S/C14H19N5O/c1-10(20)18-3-2-4-19(6-5-18)14-8-13-11(7-12(14)15)9-16-17-13/h7-9H,2-6,15H2,1H3,(H,16,17). The Morgan fingerprint density at radius 3 is 2.95 bits per heavy atom. The first-order valence-corrected chi connectivity index (χ1v) is 6.88. The van der Waals surface area contributed by atoms with Gasteiger partial charge >= 0.3 is 0 Å². The molecular formula is C14H19N5O. The zero-order valence-corrected chi connectivity index (χ0v) is 11.6. The number of nitrogens with zero attached hydrogens (tertiary/aromatic N) is 3. The van der Waals surface area contributed by atoms with E-state index in [1.165, 1.54) is 0 Å². The van der Waals surface area contributed by atoms with Gasteiger partial charge in [0.05, 0.1) is 23.1 Å². The number of anilines is 2. The second-order valence-corrected chi connectivity index (χ2v) is 5.21. The summed E-state index contributed by atoms with van der Waals surface area (Å²) in [6.07, 6.45) is 2.73. The number of hydrogen-bond donors (Lipinski definition) is 2. The van der Waals surface area contributed by atoms with E-state index in [4.69, 9.17) is 5.73 Å². The SMILES string of the molecule is CC(=O)N1CCCN(c2cc3[nH]ncc3cc2N)CC1. The van der Waals surface area contributed by atoms with Crippen LogP contribution < -0.4 is 10.6 Å². The minimum Gasteiger partial charge on any atom is -0.397 e. The van der Waals surface area contributed by atoms with Crippen LogP contribution in [0, 0.1) is 0 Å². The summed E-state index contributed by atoms with van der Waals surface area (Å²) in [7, 11) is 0. The predicted molar refractivity (Wildman–Crippen MR) is 79.6 cm³/mol. The van der Waals surface area contributed by atoms with Crippen molar-refractivity contribution in [2.75, 3.05) is 36.8 Å². The summed E-state index contributed by atoms with van der Waals surface area (Å²) in [5.41, 5.74) is 8.93. The maximum Gasteiger partial charge on any atom is 0.219 e. The average molecular weight is 273 g/mol. The molecule has 6 nitrogen and oxygen atoms in total. The summed E-state index contributed by atoms with van der Waals surface area (Å²) in [6.45, 7) is 4.91. The molecule has 0 saturated carbocycles. The van der Waals surface area contributed by atoms with Gasteiger partial charge < -0.3 is 15.5 Å². The lowest BCUT2D eigenvalue weighted by atomic mass is 10.2. The Morgan fingerprint density at radius 2 is 2.15 bits per heavy atom. The molecule has 3 N–H and O–H groups in total. The van der Waals surface area contributed by atoms with Crippen LogP contribution in [-0.4, -0.2) is 47.2 Å². The quantitative estimate of drug-likeness (QED) is 0.765. The molecule has 1 aromatic carbocycles. The second kappa shape index (κ2) is 5.03. The number of aromatic amines is 1. The molecule has 6 heteroatoms. The number of hydrogen-bond acceptors (Lipinski definition) is 4. The van der Waals surface area contributed by atoms with Crippen LogP contribution >= 0.6 is 0 Å². The second-order valence-electron chi connectivity index (χ2n) is 5.21. The number of nitrogens with one attached hydrogen (secondary N) is 1. The highest BCUT2D eigenvalue weighted by molar-refractivity contribution is 5.89. The average Bonchev–Trinajstić information content (AvgIpc) is 2.72. The van der Waals surface area contributed by atoms with E-state index in [1.807, 2.05) is 17.0 Å². The van der Waals surface area contributed by atoms with Crippen molar-refractivity contribution in [2.24, 2.45) is 0 Å². The number of amides is 1. The fourth-order valence-corrected chi connectivity index (χ4v) is 2.74. The van der Waals surface area contributed by atoms with Crippen LogP contribution in [0.5, 0.6) is 0 Å². The van der Waals surface area contributed by atoms with Crippen LogP contribution in [0.1, 0.15) is 13.3 Å². The number of carbonyl (C=O) groups excluding carboxylic acids is 1. The van der Waals surface area contributed by atoms with E-state index < -0.39 is 0 Å². The molecule has 106 valence electrons. The summed E-state index contributed by atoms with van der Waals surface area (Å²) < 4.78 is 0. The molecule has 1 aliphatic heterocycles. The van der Waals surface area contributed by atoms with Crippen LogP contribution in [0.4, 0.5) is 11.4 Å². The highest BCUT2D eigenvalue weighted by Crippen LogP contribution is 2.28. The number of nitrogen functional groups attached to an aromatic ring is 1. The Morgan fingerprint density at radius 1 is 1.30 bits per heavy atom. The van der Waals surface area contributed by atoms with Gasteiger partial charge in [-0.1, -0.05) is 0 Å². The summed E-state index contributed by atoms with van der Waals surface area (Å²) in [6, 6.07) is 3.99. The lowest BCUT2D eigenvalue weighted by Crippen LogP contribution is -2.33. The summed E-state index contributed by atoms with van der Waals surface area (Å²) >= 11 is 0. The fourth-order valence-electron chi connectivity index (χ4n) is 2.74. The van der Waals surface area contributed by atoms with Gasteiger partial charge in [0, 0.05) is 38.5 Å². The lowest BCUT2D eigenvalue weighted by molar-refractivity contribution is -0.128. The number of benzene rings is 1. The molecule has 0 radical (unpaired) electrons. The number of rotatable bonds is 1. The molecule has 0 spiro atoms. The highest BCUT2D eigenvalue weighted by atomic mass is 16.2. The van der Waals surface area contributed by atoms with E-state index in [1.54, 1.807) is 13.1 Å². The van der Waals surface area contributed by atoms with Crippen molar-refractivity contribution in [2.45, 2.75) is 13.3 Å². The van der Waals surface area contributed by atoms with Crippen molar-refractivity contribution in [1.82, 2.24) is 15.1 Å². The van der Waals surface area contributed by atoms with E-state index in [-0.39, 0.29) is 5.91 Å². The molecule has 1 aliphatic rings. The third-order valence-electron chi connectivity index (χ3n) is 3.87. The molecule has 0 bridgehead atoms. The van der Waals surface area contributed by atoms with Gasteiger partial charge in [-0.05, 0) is 18.6 Å². The third kappa shape index (κ3) is 2.29. The molecule has 0 unspecified atom stereocenters. The third-order valence-corrected chi connectivity index (χ3v) is 3.87. The van der Waals surface area contributed by atoms with E-state index in [0.717, 1.165) is 54.9 Å². The van der Waals surface area contributed by atoms with Gasteiger partial charge in [-0.3, -0.25) is 9.89 Å².